The van der Waals surface area contributed by atoms with Crippen molar-refractivity contribution in [2.24, 2.45) is 5.73 Å². The molecule has 2 N–H and O–H groups in total. The maximum Gasteiger partial charge on any atom is 0.0539 e. The van der Waals surface area contributed by atoms with Crippen molar-refractivity contribution in [3.05, 3.63) is 28.2 Å². The number of nitrogens with two attached hydrogens (primary N) is 1. The second-order valence-corrected chi connectivity index (χ2v) is 6.47. The van der Waals surface area contributed by atoms with Crippen LogP contribution in [0.1, 0.15) is 18.9 Å². The number of benzene rings is 1. The highest BCUT2D eigenvalue weighted by Gasteiger charge is 2.26. The van der Waals surface area contributed by atoms with Crippen molar-refractivity contribution in [3.8, 4) is 0 Å². The SMILES string of the molecule is Cc1ccc(N2CCC(C)N(C)CC2CN)c(Br)c1. The predicted octanol–water partition coefficient (Wildman–Crippen LogP) is 2.62. The third-order valence-corrected chi connectivity index (χ3v) is 4.80. The second-order valence-electron chi connectivity index (χ2n) is 5.62. The van der Waals surface area contributed by atoms with E-state index in [0.717, 1.165) is 13.1 Å². The Bertz CT molecular complexity index is 435. The molecule has 2 unspecified atom stereocenters. The van der Waals surface area contributed by atoms with Crippen molar-refractivity contribution in [3.63, 3.8) is 0 Å². The fourth-order valence-electron chi connectivity index (χ4n) is 2.70. The lowest BCUT2D eigenvalue weighted by Crippen LogP contribution is -2.45. The maximum atomic E-state index is 6.00. The molecular formula is C15H24BrN3. The van der Waals surface area contributed by atoms with Crippen molar-refractivity contribution in [2.45, 2.75) is 32.4 Å². The number of nitrogens with zero attached hydrogens (tertiary/aromatic N) is 2. The average Bonchev–Trinajstić information content (AvgIpc) is 2.51. The summed E-state index contributed by atoms with van der Waals surface area (Å²) in [5.41, 5.74) is 8.55. The van der Waals surface area contributed by atoms with Gasteiger partial charge in [0.15, 0.2) is 0 Å². The zero-order chi connectivity index (χ0) is 14.0. The molecule has 1 fully saturated rings. The Kier molecular flexibility index (Phi) is 4.87. The third-order valence-electron chi connectivity index (χ3n) is 4.16. The molecule has 2 atom stereocenters. The van der Waals surface area contributed by atoms with Gasteiger partial charge in [0, 0.05) is 30.1 Å². The third kappa shape index (κ3) is 3.30. The number of hydrogen-bond acceptors (Lipinski definition) is 3. The minimum absolute atomic E-state index is 0.383. The van der Waals surface area contributed by atoms with E-state index in [4.69, 9.17) is 5.73 Å². The Hall–Kier alpha value is -0.580. The Morgan fingerprint density at radius 2 is 2.16 bits per heavy atom. The Labute approximate surface area is 124 Å². The average molecular weight is 326 g/mol. The van der Waals surface area contributed by atoms with Gasteiger partial charge < -0.3 is 15.5 Å². The standard InChI is InChI=1S/C15H24BrN3/c1-11-4-5-15(14(16)8-11)19-7-6-12(2)18(3)10-13(19)9-17/h4-5,8,12-13H,6-7,9-10,17H2,1-3H3. The molecule has 1 aromatic rings. The van der Waals surface area contributed by atoms with E-state index in [9.17, 15) is 0 Å². The molecule has 1 aliphatic heterocycles. The quantitative estimate of drug-likeness (QED) is 0.907. The molecule has 4 heteroatoms. The fraction of sp³-hybridized carbons (Fsp3) is 0.600. The van der Waals surface area contributed by atoms with E-state index in [1.165, 1.54) is 22.1 Å². The monoisotopic (exact) mass is 325 g/mol. The zero-order valence-corrected chi connectivity index (χ0v) is 13.7. The van der Waals surface area contributed by atoms with Gasteiger partial charge in [0.2, 0.25) is 0 Å². The largest absolute Gasteiger partial charge is 0.365 e. The van der Waals surface area contributed by atoms with Crippen LogP contribution in [0.3, 0.4) is 0 Å². The molecule has 1 heterocycles. The van der Waals surface area contributed by atoms with Gasteiger partial charge in [-0.3, -0.25) is 0 Å². The summed E-state index contributed by atoms with van der Waals surface area (Å²) < 4.78 is 1.17. The molecule has 0 saturated carbocycles. The number of anilines is 1. The van der Waals surface area contributed by atoms with E-state index in [-0.39, 0.29) is 0 Å². The lowest BCUT2D eigenvalue weighted by molar-refractivity contribution is 0.256. The van der Waals surface area contributed by atoms with Crippen molar-refractivity contribution in [2.75, 3.05) is 31.6 Å². The first-order chi connectivity index (χ1) is 9.02. The van der Waals surface area contributed by atoms with E-state index >= 15 is 0 Å². The van der Waals surface area contributed by atoms with Gasteiger partial charge in [-0.1, -0.05) is 6.07 Å². The number of aryl methyl sites for hydroxylation is 1. The molecule has 106 valence electrons. The minimum atomic E-state index is 0.383. The van der Waals surface area contributed by atoms with Crippen LogP contribution < -0.4 is 10.6 Å². The van der Waals surface area contributed by atoms with Gasteiger partial charge in [-0.15, -0.1) is 0 Å². The molecular weight excluding hydrogens is 302 g/mol. The second kappa shape index (κ2) is 6.25. The van der Waals surface area contributed by atoms with Gasteiger partial charge in [-0.05, 0) is 60.9 Å². The van der Waals surface area contributed by atoms with E-state index in [0.29, 0.717) is 18.6 Å². The van der Waals surface area contributed by atoms with Crippen LogP contribution in [0.5, 0.6) is 0 Å². The van der Waals surface area contributed by atoms with Gasteiger partial charge >= 0.3 is 0 Å². The first-order valence-corrected chi connectivity index (χ1v) is 7.75. The van der Waals surface area contributed by atoms with Crippen LogP contribution in [-0.2, 0) is 0 Å². The van der Waals surface area contributed by atoms with E-state index in [1.807, 2.05) is 0 Å². The van der Waals surface area contributed by atoms with Gasteiger partial charge in [0.1, 0.15) is 0 Å². The molecule has 1 aliphatic rings. The lowest BCUT2D eigenvalue weighted by Gasteiger charge is -2.33. The fourth-order valence-corrected chi connectivity index (χ4v) is 3.42. The highest BCUT2D eigenvalue weighted by Crippen LogP contribution is 2.30. The normalized spacial score (nSPS) is 25.4. The number of halogens is 1. The molecule has 0 aromatic heterocycles. The summed E-state index contributed by atoms with van der Waals surface area (Å²) in [5, 5.41) is 0. The molecule has 0 aliphatic carbocycles. The van der Waals surface area contributed by atoms with Crippen molar-refractivity contribution in [1.29, 1.82) is 0 Å². The summed E-state index contributed by atoms with van der Waals surface area (Å²) >= 11 is 3.70. The first kappa shape index (κ1) is 14.8. The summed E-state index contributed by atoms with van der Waals surface area (Å²) in [6, 6.07) is 7.56. The molecule has 0 bridgehead atoms. The summed E-state index contributed by atoms with van der Waals surface area (Å²) in [5.74, 6) is 0. The highest BCUT2D eigenvalue weighted by atomic mass is 79.9. The summed E-state index contributed by atoms with van der Waals surface area (Å²) in [7, 11) is 2.20. The smallest absolute Gasteiger partial charge is 0.0539 e. The highest BCUT2D eigenvalue weighted by molar-refractivity contribution is 9.10. The molecule has 0 amide bonds. The Balaban J connectivity index is 2.30. The van der Waals surface area contributed by atoms with Crippen LogP contribution in [0.25, 0.3) is 0 Å². The summed E-state index contributed by atoms with van der Waals surface area (Å²) in [6.45, 7) is 7.19. The maximum absolute atomic E-state index is 6.00. The molecule has 2 rings (SSSR count). The first-order valence-electron chi connectivity index (χ1n) is 6.96. The van der Waals surface area contributed by atoms with E-state index in [1.54, 1.807) is 0 Å². The predicted molar refractivity (Wildman–Crippen MR) is 85.8 cm³/mol. The van der Waals surface area contributed by atoms with E-state index in [2.05, 4.69) is 64.8 Å². The summed E-state index contributed by atoms with van der Waals surface area (Å²) in [4.78, 5) is 4.88. The molecule has 0 spiro atoms. The van der Waals surface area contributed by atoms with Crippen molar-refractivity contribution < 1.29 is 0 Å². The van der Waals surface area contributed by atoms with Crippen LogP contribution in [0.15, 0.2) is 22.7 Å². The minimum Gasteiger partial charge on any atom is -0.365 e. The van der Waals surface area contributed by atoms with Crippen LogP contribution in [0.2, 0.25) is 0 Å². The van der Waals surface area contributed by atoms with Gasteiger partial charge in [0.25, 0.3) is 0 Å². The molecule has 0 radical (unpaired) electrons. The van der Waals surface area contributed by atoms with E-state index < -0.39 is 0 Å². The number of hydrogen-bond donors (Lipinski definition) is 1. The summed E-state index contributed by atoms with van der Waals surface area (Å²) in [6.07, 6.45) is 1.17. The Morgan fingerprint density at radius 1 is 1.42 bits per heavy atom. The van der Waals surface area contributed by atoms with Gasteiger partial charge in [0.05, 0.1) is 11.7 Å². The van der Waals surface area contributed by atoms with Crippen LogP contribution in [0, 0.1) is 6.92 Å². The Morgan fingerprint density at radius 3 is 2.79 bits per heavy atom. The number of likely N-dealkylation sites (N-methyl/N-ethyl adjacent to an activating group) is 1. The lowest BCUT2D eigenvalue weighted by atomic mass is 10.1. The molecule has 3 nitrogen and oxygen atoms in total. The van der Waals surface area contributed by atoms with Gasteiger partial charge in [-0.25, -0.2) is 0 Å². The molecule has 19 heavy (non-hydrogen) atoms. The van der Waals surface area contributed by atoms with Gasteiger partial charge in [-0.2, -0.15) is 0 Å². The molecule has 1 saturated heterocycles. The zero-order valence-electron chi connectivity index (χ0n) is 12.1. The van der Waals surface area contributed by atoms with Crippen LogP contribution in [0.4, 0.5) is 5.69 Å². The topological polar surface area (TPSA) is 32.5 Å². The number of rotatable bonds is 2. The van der Waals surface area contributed by atoms with Crippen LogP contribution >= 0.6 is 15.9 Å². The molecule has 1 aromatic carbocycles. The van der Waals surface area contributed by atoms with Crippen LogP contribution in [-0.4, -0.2) is 43.7 Å². The van der Waals surface area contributed by atoms with Crippen molar-refractivity contribution >= 4 is 21.6 Å². The van der Waals surface area contributed by atoms with Crippen molar-refractivity contribution in [1.82, 2.24) is 4.90 Å².